The third-order valence-corrected chi connectivity index (χ3v) is 8.86. The van der Waals surface area contributed by atoms with Gasteiger partial charge in [-0.15, -0.1) is 0 Å². The first-order valence-corrected chi connectivity index (χ1v) is 15.5. The Kier molecular flexibility index (Phi) is 10.6. The Bertz CT molecular complexity index is 1350. The van der Waals surface area contributed by atoms with Crippen LogP contribution in [0.2, 0.25) is 15.1 Å². The second-order valence-electron chi connectivity index (χ2n) is 9.62. The summed E-state index contributed by atoms with van der Waals surface area (Å²) in [4.78, 5) is 28.3. The molecule has 0 heterocycles. The third kappa shape index (κ3) is 8.18. The SMILES string of the molecule is CC[C@H](C(=O)NC1CCCC1)N(Cc1ccc(Cl)c(Cl)c1)C(=O)CN(c1ccc(Cl)c(C(F)(F)F)c1)S(C)(=O)=O. The van der Waals surface area contributed by atoms with E-state index in [-0.39, 0.29) is 29.1 Å². The number of amides is 2. The van der Waals surface area contributed by atoms with Crippen LogP contribution in [0.15, 0.2) is 36.4 Å². The number of rotatable bonds is 10. The lowest BCUT2D eigenvalue weighted by Gasteiger charge is -2.33. The van der Waals surface area contributed by atoms with Crippen LogP contribution < -0.4 is 9.62 Å². The molecule has 1 aliphatic carbocycles. The van der Waals surface area contributed by atoms with Crippen molar-refractivity contribution in [3.63, 3.8) is 0 Å². The van der Waals surface area contributed by atoms with E-state index in [4.69, 9.17) is 34.8 Å². The number of alkyl halides is 3. The van der Waals surface area contributed by atoms with Gasteiger partial charge in [0, 0.05) is 12.6 Å². The molecule has 0 spiro atoms. The van der Waals surface area contributed by atoms with E-state index < -0.39 is 56.9 Å². The molecule has 1 aliphatic rings. The summed E-state index contributed by atoms with van der Waals surface area (Å²) < 4.78 is 66.5. The van der Waals surface area contributed by atoms with Crippen molar-refractivity contribution in [1.29, 1.82) is 0 Å². The highest BCUT2D eigenvalue weighted by molar-refractivity contribution is 7.92. The van der Waals surface area contributed by atoms with Crippen LogP contribution in [0.1, 0.15) is 50.2 Å². The fourth-order valence-corrected chi connectivity index (χ4v) is 6.01. The minimum atomic E-state index is -4.86. The Hall–Kier alpha value is -2.21. The molecule has 3 rings (SSSR count). The second-order valence-corrected chi connectivity index (χ2v) is 12.7. The number of benzene rings is 2. The number of anilines is 1. The predicted molar refractivity (Wildman–Crippen MR) is 150 cm³/mol. The molecule has 0 bridgehead atoms. The van der Waals surface area contributed by atoms with Gasteiger partial charge < -0.3 is 10.2 Å². The lowest BCUT2D eigenvalue weighted by Crippen LogP contribution is -2.53. The van der Waals surface area contributed by atoms with Crippen molar-refractivity contribution in [3.8, 4) is 0 Å². The standard InChI is InChI=1S/C26H29Cl3F3N3O4S/c1-3-23(25(37)33-17-6-4-5-7-17)34(14-16-8-10-21(28)22(29)12-16)24(36)15-35(40(2,38)39)18-9-11-20(27)19(13-18)26(30,31)32/h8-13,17,23H,3-7,14-15H2,1-2H3,(H,33,37)/t23-/m1/s1. The average molecular weight is 643 g/mol. The van der Waals surface area contributed by atoms with Crippen molar-refractivity contribution < 1.29 is 31.2 Å². The molecule has 1 saturated carbocycles. The van der Waals surface area contributed by atoms with E-state index in [9.17, 15) is 31.2 Å². The van der Waals surface area contributed by atoms with Gasteiger partial charge in [-0.1, -0.05) is 60.6 Å². The van der Waals surface area contributed by atoms with E-state index in [0.29, 0.717) is 15.9 Å². The number of nitrogens with zero attached hydrogens (tertiary/aromatic N) is 2. The lowest BCUT2D eigenvalue weighted by molar-refractivity contribution is -0.140. The van der Waals surface area contributed by atoms with E-state index in [1.165, 1.54) is 17.0 Å². The van der Waals surface area contributed by atoms with E-state index in [2.05, 4.69) is 5.32 Å². The van der Waals surface area contributed by atoms with E-state index in [0.717, 1.165) is 44.1 Å². The highest BCUT2D eigenvalue weighted by atomic mass is 35.5. The van der Waals surface area contributed by atoms with Crippen LogP contribution >= 0.6 is 34.8 Å². The summed E-state index contributed by atoms with van der Waals surface area (Å²) in [5.41, 5.74) is -1.13. The summed E-state index contributed by atoms with van der Waals surface area (Å²) >= 11 is 17.9. The molecule has 0 saturated heterocycles. The molecule has 2 aromatic carbocycles. The van der Waals surface area contributed by atoms with Crippen molar-refractivity contribution in [2.45, 2.75) is 63.8 Å². The molecular weight excluding hydrogens is 614 g/mol. The van der Waals surface area contributed by atoms with Gasteiger partial charge in [-0.25, -0.2) is 8.42 Å². The van der Waals surface area contributed by atoms with Crippen LogP contribution in [-0.4, -0.2) is 50.0 Å². The molecule has 7 nitrogen and oxygen atoms in total. The summed E-state index contributed by atoms with van der Waals surface area (Å²) in [5, 5.41) is 2.84. The maximum Gasteiger partial charge on any atom is 0.417 e. The Morgan fingerprint density at radius 1 is 1.02 bits per heavy atom. The summed E-state index contributed by atoms with van der Waals surface area (Å²) in [5.74, 6) is -1.20. The van der Waals surface area contributed by atoms with Crippen LogP contribution in [-0.2, 0) is 32.3 Å². The van der Waals surface area contributed by atoms with Crippen molar-refractivity contribution in [2.75, 3.05) is 17.1 Å². The smallest absolute Gasteiger partial charge is 0.352 e. The summed E-state index contributed by atoms with van der Waals surface area (Å²) in [6.07, 6.45) is -0.327. The molecule has 0 radical (unpaired) electrons. The van der Waals surface area contributed by atoms with Crippen LogP contribution in [0.3, 0.4) is 0 Å². The molecule has 0 unspecified atom stereocenters. The van der Waals surface area contributed by atoms with E-state index in [1.807, 2.05) is 0 Å². The number of carbonyl (C=O) groups is 2. The van der Waals surface area contributed by atoms with Crippen molar-refractivity contribution >= 4 is 62.3 Å². The largest absolute Gasteiger partial charge is 0.417 e. The van der Waals surface area contributed by atoms with Gasteiger partial charge in [-0.3, -0.25) is 13.9 Å². The van der Waals surface area contributed by atoms with Crippen LogP contribution in [0.25, 0.3) is 0 Å². The average Bonchev–Trinajstić information content (AvgIpc) is 3.36. The van der Waals surface area contributed by atoms with Gasteiger partial charge in [0.1, 0.15) is 12.6 Å². The zero-order valence-corrected chi connectivity index (χ0v) is 24.9. The summed E-state index contributed by atoms with van der Waals surface area (Å²) in [6, 6.07) is 6.21. The molecule has 220 valence electrons. The molecule has 40 heavy (non-hydrogen) atoms. The maximum absolute atomic E-state index is 13.8. The summed E-state index contributed by atoms with van der Waals surface area (Å²) in [6.45, 7) is 0.724. The minimum absolute atomic E-state index is 0.0362. The van der Waals surface area contributed by atoms with Crippen molar-refractivity contribution in [2.24, 2.45) is 0 Å². The van der Waals surface area contributed by atoms with E-state index in [1.54, 1.807) is 13.0 Å². The van der Waals surface area contributed by atoms with Crippen LogP contribution in [0.5, 0.6) is 0 Å². The topological polar surface area (TPSA) is 86.8 Å². The first-order valence-electron chi connectivity index (χ1n) is 12.5. The van der Waals surface area contributed by atoms with Gasteiger partial charge in [0.2, 0.25) is 21.8 Å². The highest BCUT2D eigenvalue weighted by Crippen LogP contribution is 2.37. The van der Waals surface area contributed by atoms with Gasteiger partial charge in [0.15, 0.2) is 0 Å². The molecule has 1 fully saturated rings. The number of hydrogen-bond donors (Lipinski definition) is 1. The first-order chi connectivity index (χ1) is 18.6. The molecule has 14 heteroatoms. The fraction of sp³-hybridized carbons (Fsp3) is 0.462. The predicted octanol–water partition coefficient (Wildman–Crippen LogP) is 6.30. The zero-order valence-electron chi connectivity index (χ0n) is 21.8. The Balaban J connectivity index is 2.00. The number of halogens is 6. The molecule has 0 aromatic heterocycles. The Labute approximate surface area is 246 Å². The monoisotopic (exact) mass is 641 g/mol. The molecular formula is C26H29Cl3F3N3O4S. The van der Waals surface area contributed by atoms with Crippen LogP contribution in [0.4, 0.5) is 18.9 Å². The molecule has 0 aliphatic heterocycles. The summed E-state index contributed by atoms with van der Waals surface area (Å²) in [7, 11) is -4.24. The maximum atomic E-state index is 13.8. The second kappa shape index (κ2) is 13.2. The number of hydrogen-bond acceptors (Lipinski definition) is 4. The molecule has 2 amide bonds. The molecule has 1 atom stereocenters. The highest BCUT2D eigenvalue weighted by Gasteiger charge is 2.36. The van der Waals surface area contributed by atoms with Gasteiger partial charge in [-0.2, -0.15) is 13.2 Å². The van der Waals surface area contributed by atoms with Gasteiger partial charge in [-0.05, 0) is 55.2 Å². The Morgan fingerprint density at radius 3 is 2.20 bits per heavy atom. The Morgan fingerprint density at radius 2 is 1.65 bits per heavy atom. The lowest BCUT2D eigenvalue weighted by atomic mass is 10.1. The van der Waals surface area contributed by atoms with Gasteiger partial charge in [0.25, 0.3) is 0 Å². The zero-order chi connectivity index (χ0) is 29.8. The van der Waals surface area contributed by atoms with E-state index >= 15 is 0 Å². The van der Waals surface area contributed by atoms with Crippen LogP contribution in [0, 0.1) is 0 Å². The van der Waals surface area contributed by atoms with Gasteiger partial charge >= 0.3 is 6.18 Å². The van der Waals surface area contributed by atoms with Crippen molar-refractivity contribution in [1.82, 2.24) is 10.2 Å². The van der Waals surface area contributed by atoms with Crippen molar-refractivity contribution in [3.05, 3.63) is 62.6 Å². The molecule has 2 aromatic rings. The molecule has 1 N–H and O–H groups in total. The first kappa shape index (κ1) is 32.3. The fourth-order valence-electron chi connectivity index (χ4n) is 4.62. The number of sulfonamides is 1. The number of nitrogens with one attached hydrogen (secondary N) is 1. The quantitative estimate of drug-likeness (QED) is 0.330. The normalized spacial score (nSPS) is 15.1. The third-order valence-electron chi connectivity index (χ3n) is 6.65. The minimum Gasteiger partial charge on any atom is -0.352 e. The van der Waals surface area contributed by atoms with Gasteiger partial charge in [0.05, 0.1) is 32.6 Å². The number of carbonyl (C=O) groups excluding carboxylic acids is 2.